The summed E-state index contributed by atoms with van der Waals surface area (Å²) in [5.41, 5.74) is 9.84. The number of aromatic nitrogens is 1. The van der Waals surface area contributed by atoms with E-state index in [0.29, 0.717) is 6.42 Å². The molecule has 0 spiro atoms. The van der Waals surface area contributed by atoms with Crippen LogP contribution in [0, 0.1) is 0 Å². The molecule has 2 heterocycles. The Morgan fingerprint density at radius 3 is 2.19 bits per heavy atom. The van der Waals surface area contributed by atoms with Crippen LogP contribution in [0.25, 0.3) is 22.0 Å². The van der Waals surface area contributed by atoms with Gasteiger partial charge in [0.2, 0.25) is 0 Å². The van der Waals surface area contributed by atoms with E-state index in [1.807, 2.05) is 24.4 Å². The van der Waals surface area contributed by atoms with Gasteiger partial charge < -0.3 is 5.32 Å². The average molecular weight is 479 g/mol. The molecule has 5 aromatic rings. The number of allylic oxidation sites excluding steroid dienone is 2. The second kappa shape index (κ2) is 8.86. The van der Waals surface area contributed by atoms with Crippen LogP contribution in [0.3, 0.4) is 0 Å². The van der Waals surface area contributed by atoms with Gasteiger partial charge in [0.15, 0.2) is 5.78 Å². The number of hydrogen-bond donors (Lipinski definition) is 1. The maximum Gasteiger partial charge on any atom is 0.162 e. The lowest BCUT2D eigenvalue weighted by atomic mass is 9.71. The summed E-state index contributed by atoms with van der Waals surface area (Å²) in [6, 6.07) is 37.9. The van der Waals surface area contributed by atoms with E-state index in [2.05, 4.69) is 101 Å². The van der Waals surface area contributed by atoms with Crippen molar-refractivity contribution in [1.29, 1.82) is 0 Å². The number of hydrogen-bond acceptors (Lipinski definition) is 3. The van der Waals surface area contributed by atoms with Gasteiger partial charge in [0.25, 0.3) is 0 Å². The highest BCUT2D eigenvalue weighted by Crippen LogP contribution is 2.50. The van der Waals surface area contributed by atoms with Crippen molar-refractivity contribution in [3.05, 3.63) is 143 Å². The van der Waals surface area contributed by atoms with Crippen molar-refractivity contribution in [2.45, 2.75) is 24.7 Å². The Labute approximate surface area is 216 Å². The molecule has 2 atom stereocenters. The number of benzene rings is 4. The normalized spacial score (nSPS) is 18.8. The summed E-state index contributed by atoms with van der Waals surface area (Å²) in [5, 5.41) is 4.78. The molecule has 0 fully saturated rings. The fraction of sp³-hybridized carbons (Fsp3) is 0.118. The Kier molecular flexibility index (Phi) is 5.21. The SMILES string of the molecule is O=C1CC(c2ccccc2)CC2=C1C(c1ccc(-c3ccccc3)cc1)c1c(ccc3ncccc13)N2. The number of ketones is 1. The van der Waals surface area contributed by atoms with Gasteiger partial charge in [-0.2, -0.15) is 0 Å². The van der Waals surface area contributed by atoms with E-state index in [0.717, 1.165) is 45.4 Å². The van der Waals surface area contributed by atoms with Gasteiger partial charge in [0.1, 0.15) is 0 Å². The fourth-order valence-electron chi connectivity index (χ4n) is 6.08. The second-order valence-corrected chi connectivity index (χ2v) is 9.97. The molecule has 0 radical (unpaired) electrons. The highest BCUT2D eigenvalue weighted by Gasteiger charge is 2.39. The average Bonchev–Trinajstić information content (AvgIpc) is 2.97. The minimum atomic E-state index is -0.131. The minimum Gasteiger partial charge on any atom is -0.358 e. The fourth-order valence-corrected chi connectivity index (χ4v) is 6.08. The molecule has 3 heteroatoms. The summed E-state index contributed by atoms with van der Waals surface area (Å²) in [5.74, 6) is 0.282. The van der Waals surface area contributed by atoms with Crippen LogP contribution >= 0.6 is 0 Å². The lowest BCUT2D eigenvalue weighted by Gasteiger charge is -2.37. The molecule has 4 aromatic carbocycles. The molecule has 1 aliphatic heterocycles. The van der Waals surface area contributed by atoms with Gasteiger partial charge in [-0.1, -0.05) is 91.0 Å². The monoisotopic (exact) mass is 478 g/mol. The Morgan fingerprint density at radius 2 is 1.41 bits per heavy atom. The Hall–Kier alpha value is -4.50. The van der Waals surface area contributed by atoms with Crippen molar-refractivity contribution in [3.63, 3.8) is 0 Å². The molecule has 2 unspecified atom stereocenters. The van der Waals surface area contributed by atoms with Crippen LogP contribution in [0.1, 0.15) is 41.4 Å². The zero-order valence-electron chi connectivity index (χ0n) is 20.4. The van der Waals surface area contributed by atoms with Gasteiger partial charge in [-0.25, -0.2) is 0 Å². The van der Waals surface area contributed by atoms with Crippen molar-refractivity contribution >= 4 is 22.4 Å². The summed E-state index contributed by atoms with van der Waals surface area (Å²) in [7, 11) is 0. The lowest BCUT2D eigenvalue weighted by Crippen LogP contribution is -2.30. The number of nitrogens with zero attached hydrogens (tertiary/aromatic N) is 1. The van der Waals surface area contributed by atoms with E-state index in [1.54, 1.807) is 0 Å². The van der Waals surface area contributed by atoms with Crippen LogP contribution in [0.5, 0.6) is 0 Å². The predicted molar refractivity (Wildman–Crippen MR) is 150 cm³/mol. The number of rotatable bonds is 3. The molecule has 0 amide bonds. The highest BCUT2D eigenvalue weighted by atomic mass is 16.1. The molecule has 0 saturated heterocycles. The van der Waals surface area contributed by atoms with Gasteiger partial charge in [-0.3, -0.25) is 9.78 Å². The molecule has 0 bridgehead atoms. The van der Waals surface area contributed by atoms with Crippen LogP contribution in [-0.2, 0) is 4.79 Å². The van der Waals surface area contributed by atoms with Gasteiger partial charge in [-0.05, 0) is 58.4 Å². The smallest absolute Gasteiger partial charge is 0.162 e. The van der Waals surface area contributed by atoms with Gasteiger partial charge in [0, 0.05) is 40.9 Å². The number of anilines is 1. The van der Waals surface area contributed by atoms with Crippen molar-refractivity contribution in [2.24, 2.45) is 0 Å². The van der Waals surface area contributed by atoms with Gasteiger partial charge in [-0.15, -0.1) is 0 Å². The molecular formula is C34H26N2O. The standard InChI is InChI=1S/C34H26N2O/c37-31-21-26(23-10-5-2-6-11-23)20-30-34(31)32(25-15-13-24(14-16-25)22-8-3-1-4-9-22)33-27-12-7-19-35-28(27)17-18-29(33)36-30/h1-19,26,32,36H,20-21H2. The molecule has 3 nitrogen and oxygen atoms in total. The maximum absolute atomic E-state index is 13.9. The van der Waals surface area contributed by atoms with Crippen LogP contribution in [0.4, 0.5) is 5.69 Å². The van der Waals surface area contributed by atoms with Crippen molar-refractivity contribution in [1.82, 2.24) is 4.98 Å². The molecular weight excluding hydrogens is 452 g/mol. The Morgan fingerprint density at radius 1 is 0.676 bits per heavy atom. The van der Waals surface area contributed by atoms with Crippen LogP contribution < -0.4 is 5.32 Å². The number of carbonyl (C=O) groups is 1. The number of nitrogens with one attached hydrogen (secondary N) is 1. The van der Waals surface area contributed by atoms with E-state index in [9.17, 15) is 4.79 Å². The van der Waals surface area contributed by atoms with Gasteiger partial charge >= 0.3 is 0 Å². The Bertz CT molecular complexity index is 1650. The van der Waals surface area contributed by atoms with E-state index in [1.165, 1.54) is 16.7 Å². The first-order chi connectivity index (χ1) is 18.3. The second-order valence-electron chi connectivity index (χ2n) is 9.97. The topological polar surface area (TPSA) is 42.0 Å². The maximum atomic E-state index is 13.9. The third-order valence-electron chi connectivity index (χ3n) is 7.82. The molecule has 37 heavy (non-hydrogen) atoms. The van der Waals surface area contributed by atoms with Gasteiger partial charge in [0.05, 0.1) is 5.52 Å². The first-order valence-corrected chi connectivity index (χ1v) is 12.9. The third-order valence-corrected chi connectivity index (χ3v) is 7.82. The molecule has 2 aliphatic rings. The lowest BCUT2D eigenvalue weighted by molar-refractivity contribution is -0.116. The van der Waals surface area contributed by atoms with Crippen molar-refractivity contribution in [3.8, 4) is 11.1 Å². The van der Waals surface area contributed by atoms with Crippen molar-refractivity contribution < 1.29 is 4.79 Å². The van der Waals surface area contributed by atoms with Crippen molar-refractivity contribution in [2.75, 3.05) is 5.32 Å². The van der Waals surface area contributed by atoms with E-state index in [-0.39, 0.29) is 17.6 Å². The Balaban J connectivity index is 1.39. The minimum absolute atomic E-state index is 0.131. The highest BCUT2D eigenvalue weighted by molar-refractivity contribution is 6.04. The first kappa shape index (κ1) is 21.8. The molecule has 178 valence electrons. The van der Waals surface area contributed by atoms with E-state index in [4.69, 9.17) is 0 Å². The summed E-state index contributed by atoms with van der Waals surface area (Å²) in [6.07, 6.45) is 3.19. The van der Waals surface area contributed by atoms with Crippen LogP contribution in [-0.4, -0.2) is 10.8 Å². The zero-order chi connectivity index (χ0) is 24.8. The zero-order valence-corrected chi connectivity index (χ0v) is 20.4. The summed E-state index contributed by atoms with van der Waals surface area (Å²) >= 11 is 0. The number of pyridine rings is 1. The molecule has 1 aromatic heterocycles. The largest absolute Gasteiger partial charge is 0.358 e. The summed E-state index contributed by atoms with van der Waals surface area (Å²) in [4.78, 5) is 18.5. The number of Topliss-reactive ketones (excluding diaryl/α,β-unsaturated/α-hetero) is 1. The predicted octanol–water partition coefficient (Wildman–Crippen LogP) is 7.86. The molecule has 1 aliphatic carbocycles. The molecule has 0 saturated carbocycles. The van der Waals surface area contributed by atoms with E-state index < -0.39 is 0 Å². The van der Waals surface area contributed by atoms with Crippen LogP contribution in [0.2, 0.25) is 0 Å². The quantitative estimate of drug-likeness (QED) is 0.287. The molecule has 7 rings (SSSR count). The van der Waals surface area contributed by atoms with Crippen LogP contribution in [0.15, 0.2) is 127 Å². The number of fused-ring (bicyclic) bond motifs is 3. The summed E-state index contributed by atoms with van der Waals surface area (Å²) < 4.78 is 0. The molecule has 1 N–H and O–H groups in total. The number of carbonyl (C=O) groups excluding carboxylic acids is 1. The summed E-state index contributed by atoms with van der Waals surface area (Å²) in [6.45, 7) is 0. The van der Waals surface area contributed by atoms with E-state index >= 15 is 0 Å². The third kappa shape index (κ3) is 3.75. The first-order valence-electron chi connectivity index (χ1n) is 12.9.